The first-order valence-corrected chi connectivity index (χ1v) is 8.30. The Morgan fingerprint density at radius 2 is 2.23 bits per heavy atom. The number of nitrogens with zero attached hydrogens (tertiary/aromatic N) is 5. The molecule has 0 radical (unpaired) electrons. The zero-order chi connectivity index (χ0) is 18.5. The predicted octanol–water partition coefficient (Wildman–Crippen LogP) is 2.12. The highest BCUT2D eigenvalue weighted by atomic mass is 16.5. The molecule has 1 aliphatic rings. The monoisotopic (exact) mass is 356 g/mol. The molecule has 1 aromatic heterocycles. The highest BCUT2D eigenvalue weighted by Gasteiger charge is 2.35. The third-order valence-corrected chi connectivity index (χ3v) is 4.33. The van der Waals surface area contributed by atoms with Crippen molar-refractivity contribution in [2.45, 2.75) is 38.3 Å². The number of rotatable bonds is 6. The lowest BCUT2D eigenvalue weighted by molar-refractivity contribution is -0.0270. The third kappa shape index (κ3) is 3.85. The summed E-state index contributed by atoms with van der Waals surface area (Å²) in [6.07, 6.45) is 0.733. The van der Waals surface area contributed by atoms with Gasteiger partial charge in [0.05, 0.1) is 18.8 Å². The van der Waals surface area contributed by atoms with Crippen molar-refractivity contribution in [2.24, 2.45) is 5.11 Å². The Morgan fingerprint density at radius 3 is 2.92 bits per heavy atom. The molecule has 1 aromatic carbocycles. The van der Waals surface area contributed by atoms with E-state index >= 15 is 0 Å². The second kappa shape index (κ2) is 8.01. The van der Waals surface area contributed by atoms with E-state index in [2.05, 4.69) is 20.3 Å². The topological polar surface area (TPSA) is 125 Å². The smallest absolute Gasteiger partial charge is 0.351 e. The normalized spacial score (nSPS) is 22.0. The summed E-state index contributed by atoms with van der Waals surface area (Å²) < 4.78 is 7.03. The summed E-state index contributed by atoms with van der Waals surface area (Å²) >= 11 is 0. The zero-order valence-electron chi connectivity index (χ0n) is 14.3. The van der Waals surface area contributed by atoms with Crippen LogP contribution in [0.25, 0.3) is 10.4 Å². The molecule has 2 aromatic rings. The van der Waals surface area contributed by atoms with Gasteiger partial charge in [0.1, 0.15) is 12.0 Å². The average Bonchev–Trinajstić information content (AvgIpc) is 3.06. The predicted molar refractivity (Wildman–Crippen MR) is 95.5 cm³/mol. The largest absolute Gasteiger partial charge is 0.394 e. The fourth-order valence-electron chi connectivity index (χ4n) is 2.97. The molecule has 0 saturated carbocycles. The summed E-state index contributed by atoms with van der Waals surface area (Å²) in [7, 11) is 0. The van der Waals surface area contributed by atoms with Gasteiger partial charge in [-0.15, -0.1) is 0 Å². The van der Waals surface area contributed by atoms with Gasteiger partial charge in [0, 0.05) is 29.6 Å². The molecule has 0 aliphatic carbocycles. The second-order valence-electron chi connectivity index (χ2n) is 6.12. The summed E-state index contributed by atoms with van der Waals surface area (Å²) in [4.78, 5) is 19.3. The molecular weight excluding hydrogens is 336 g/mol. The fourth-order valence-corrected chi connectivity index (χ4v) is 2.97. The van der Waals surface area contributed by atoms with Crippen LogP contribution in [0.15, 0.2) is 46.4 Å². The van der Waals surface area contributed by atoms with E-state index in [4.69, 9.17) is 10.3 Å². The molecule has 0 amide bonds. The first-order valence-electron chi connectivity index (χ1n) is 8.30. The van der Waals surface area contributed by atoms with Crippen LogP contribution in [0, 0.1) is 6.92 Å². The Morgan fingerprint density at radius 1 is 1.46 bits per heavy atom. The minimum atomic E-state index is -0.626. The van der Waals surface area contributed by atoms with E-state index in [0.717, 1.165) is 11.1 Å². The van der Waals surface area contributed by atoms with Crippen LogP contribution in [0.2, 0.25) is 0 Å². The quantitative estimate of drug-likeness (QED) is 0.466. The van der Waals surface area contributed by atoms with E-state index in [1.54, 1.807) is 6.20 Å². The Kier molecular flexibility index (Phi) is 5.52. The van der Waals surface area contributed by atoms with Crippen molar-refractivity contribution in [3.05, 3.63) is 68.6 Å². The Bertz CT molecular complexity index is 863. The SMILES string of the molecule is Cc1cn([C@@H]2C[C@H](N=[N+]=[N-])[C@@H](CO)O2)c(=O)nc1NCc1ccccc1. The molecule has 9 heteroatoms. The van der Waals surface area contributed by atoms with Gasteiger partial charge >= 0.3 is 5.69 Å². The number of anilines is 1. The summed E-state index contributed by atoms with van der Waals surface area (Å²) in [5.41, 5.74) is 10.0. The van der Waals surface area contributed by atoms with Crippen molar-refractivity contribution in [3.8, 4) is 0 Å². The van der Waals surface area contributed by atoms with Crippen molar-refractivity contribution >= 4 is 5.82 Å². The standard InChI is InChI=1S/C17H20N6O3/c1-11-9-23(15-7-13(21-22-18)14(10-24)26-15)17(25)20-16(11)19-8-12-5-3-2-4-6-12/h2-6,9,13-15,24H,7-8,10H2,1H3,(H,19,20,25)/t13-,14+,15-/m0/s1. The number of aliphatic hydroxyl groups is 1. The molecule has 0 unspecified atom stereocenters. The van der Waals surface area contributed by atoms with Gasteiger partial charge in [-0.1, -0.05) is 35.4 Å². The van der Waals surface area contributed by atoms with E-state index in [1.807, 2.05) is 37.3 Å². The third-order valence-electron chi connectivity index (χ3n) is 4.33. The van der Waals surface area contributed by atoms with E-state index in [9.17, 15) is 9.90 Å². The number of aryl methyl sites for hydroxylation is 1. The first kappa shape index (κ1) is 17.9. The number of azide groups is 1. The van der Waals surface area contributed by atoms with Gasteiger partial charge in [-0.25, -0.2) is 4.79 Å². The number of hydrogen-bond acceptors (Lipinski definition) is 6. The van der Waals surface area contributed by atoms with Gasteiger partial charge < -0.3 is 15.2 Å². The molecule has 26 heavy (non-hydrogen) atoms. The molecule has 3 rings (SSSR count). The van der Waals surface area contributed by atoms with Gasteiger partial charge in [-0.3, -0.25) is 4.57 Å². The van der Waals surface area contributed by atoms with Crippen molar-refractivity contribution < 1.29 is 9.84 Å². The number of nitrogens with one attached hydrogen (secondary N) is 1. The maximum atomic E-state index is 12.4. The molecule has 3 atom stereocenters. The highest BCUT2D eigenvalue weighted by Crippen LogP contribution is 2.30. The lowest BCUT2D eigenvalue weighted by Crippen LogP contribution is -2.29. The van der Waals surface area contributed by atoms with Gasteiger partial charge in [0.2, 0.25) is 0 Å². The molecule has 9 nitrogen and oxygen atoms in total. The molecular formula is C17H20N6O3. The molecule has 0 spiro atoms. The van der Waals surface area contributed by atoms with Gasteiger partial charge in [0.25, 0.3) is 0 Å². The van der Waals surface area contributed by atoms with Crippen LogP contribution in [0.1, 0.15) is 23.8 Å². The van der Waals surface area contributed by atoms with Gasteiger partial charge in [0.15, 0.2) is 0 Å². The maximum Gasteiger partial charge on any atom is 0.351 e. The van der Waals surface area contributed by atoms with Crippen molar-refractivity contribution in [3.63, 3.8) is 0 Å². The van der Waals surface area contributed by atoms with Crippen LogP contribution in [0.3, 0.4) is 0 Å². The molecule has 136 valence electrons. The summed E-state index contributed by atoms with van der Waals surface area (Å²) in [5, 5.41) is 16.1. The Labute approximate surface area is 149 Å². The van der Waals surface area contributed by atoms with Crippen molar-refractivity contribution in [1.29, 1.82) is 0 Å². The van der Waals surface area contributed by atoms with Gasteiger partial charge in [-0.2, -0.15) is 4.98 Å². The molecule has 2 N–H and O–H groups in total. The first-order chi connectivity index (χ1) is 12.6. The molecule has 1 aliphatic heterocycles. The van der Waals surface area contributed by atoms with Crippen molar-refractivity contribution in [1.82, 2.24) is 9.55 Å². The van der Waals surface area contributed by atoms with Crippen LogP contribution in [0.4, 0.5) is 5.82 Å². The van der Waals surface area contributed by atoms with E-state index < -0.39 is 24.1 Å². The highest BCUT2D eigenvalue weighted by molar-refractivity contribution is 5.42. The zero-order valence-corrected chi connectivity index (χ0v) is 14.3. The van der Waals surface area contributed by atoms with Gasteiger partial charge in [-0.05, 0) is 18.0 Å². The number of hydrogen-bond donors (Lipinski definition) is 2. The number of aromatic nitrogens is 2. The van der Waals surface area contributed by atoms with Crippen LogP contribution < -0.4 is 11.0 Å². The average molecular weight is 356 g/mol. The Balaban J connectivity index is 1.77. The minimum absolute atomic E-state index is 0.280. The molecule has 0 bridgehead atoms. The van der Waals surface area contributed by atoms with E-state index in [1.165, 1.54) is 4.57 Å². The maximum absolute atomic E-state index is 12.4. The summed E-state index contributed by atoms with van der Waals surface area (Å²) in [5.74, 6) is 0.512. The number of benzene rings is 1. The molecule has 1 fully saturated rings. The summed E-state index contributed by atoms with van der Waals surface area (Å²) in [6.45, 7) is 2.13. The van der Waals surface area contributed by atoms with Crippen LogP contribution >= 0.6 is 0 Å². The number of aliphatic hydroxyl groups excluding tert-OH is 1. The van der Waals surface area contributed by atoms with Crippen molar-refractivity contribution in [2.75, 3.05) is 11.9 Å². The lowest BCUT2D eigenvalue weighted by Gasteiger charge is -2.17. The summed E-state index contributed by atoms with van der Waals surface area (Å²) in [6, 6.07) is 9.30. The van der Waals surface area contributed by atoms with Crippen LogP contribution in [-0.4, -0.2) is 33.4 Å². The van der Waals surface area contributed by atoms with Crippen LogP contribution in [-0.2, 0) is 11.3 Å². The van der Waals surface area contributed by atoms with E-state index in [0.29, 0.717) is 18.8 Å². The Hall–Kier alpha value is -2.87. The van der Waals surface area contributed by atoms with E-state index in [-0.39, 0.29) is 6.61 Å². The lowest BCUT2D eigenvalue weighted by atomic mass is 10.1. The minimum Gasteiger partial charge on any atom is -0.394 e. The fraction of sp³-hybridized carbons (Fsp3) is 0.412. The molecule has 1 saturated heterocycles. The van der Waals surface area contributed by atoms with Crippen LogP contribution in [0.5, 0.6) is 0 Å². The number of ether oxygens (including phenoxy) is 1. The molecule has 2 heterocycles. The second-order valence-corrected chi connectivity index (χ2v) is 6.12.